The number of ether oxygens (including phenoxy) is 2. The van der Waals surface area contributed by atoms with Gasteiger partial charge in [0.2, 0.25) is 0 Å². The van der Waals surface area contributed by atoms with Gasteiger partial charge >= 0.3 is 11.7 Å². The van der Waals surface area contributed by atoms with E-state index in [0.29, 0.717) is 23.6 Å². The van der Waals surface area contributed by atoms with Crippen molar-refractivity contribution in [2.24, 2.45) is 11.3 Å². The zero-order valence-electron chi connectivity index (χ0n) is 24.9. The Morgan fingerprint density at radius 3 is 2.48 bits per heavy atom. The van der Waals surface area contributed by atoms with Gasteiger partial charge in [-0.15, -0.1) is 6.58 Å². The number of carbonyl (C=O) groups is 2. The summed E-state index contributed by atoms with van der Waals surface area (Å²) in [5.74, 6) is -2.98. The molecule has 0 aliphatic rings. The molecule has 0 saturated carbocycles. The van der Waals surface area contributed by atoms with Crippen molar-refractivity contribution in [2.45, 2.75) is 71.8 Å². The minimum Gasteiger partial charge on any atom is -0.480 e. The number of aromatic nitrogens is 2. The second-order valence-electron chi connectivity index (χ2n) is 10.8. The number of aliphatic carboxylic acids is 1. The number of carboxylic acids is 1. The molecule has 0 spiro atoms. The van der Waals surface area contributed by atoms with Crippen LogP contribution in [0.4, 0.5) is 5.69 Å². The molecule has 3 unspecified atom stereocenters. The maximum Gasteiger partial charge on any atom is 0.442 e. The number of benzene rings is 1. The van der Waals surface area contributed by atoms with Gasteiger partial charge in [-0.1, -0.05) is 55.8 Å². The molecular formula is C30H42ClN3O8. The minimum absolute atomic E-state index is 0.0492. The molecule has 12 heteroatoms. The highest BCUT2D eigenvalue weighted by atomic mass is 35.5. The molecule has 42 heavy (non-hydrogen) atoms. The van der Waals surface area contributed by atoms with E-state index in [0.717, 1.165) is 4.57 Å². The van der Waals surface area contributed by atoms with Crippen LogP contribution >= 0.6 is 11.6 Å². The molecule has 232 valence electrons. The molecule has 1 heterocycles. The molecule has 1 aromatic heterocycles. The molecule has 1 aromatic carbocycles. The first kappa shape index (κ1) is 34.9. The number of rotatable bonds is 18. The van der Waals surface area contributed by atoms with E-state index in [-0.39, 0.29) is 37.4 Å². The molecule has 4 atom stereocenters. The molecule has 0 bridgehead atoms. The van der Waals surface area contributed by atoms with E-state index in [2.05, 4.69) is 11.7 Å². The molecule has 0 aliphatic heterocycles. The van der Waals surface area contributed by atoms with Crippen molar-refractivity contribution in [1.82, 2.24) is 9.72 Å². The van der Waals surface area contributed by atoms with Crippen molar-refractivity contribution in [3.05, 3.63) is 70.5 Å². The largest absolute Gasteiger partial charge is 0.480 e. The Morgan fingerprint density at radius 1 is 1.29 bits per heavy atom. The predicted molar refractivity (Wildman–Crippen MR) is 160 cm³/mol. The van der Waals surface area contributed by atoms with Crippen molar-refractivity contribution < 1.29 is 33.8 Å². The molecule has 1 amide bonds. The highest BCUT2D eigenvalue weighted by molar-refractivity contribution is 6.30. The third kappa shape index (κ3) is 9.94. The fraction of sp³-hybridized carbons (Fsp3) is 0.533. The topological polar surface area (TPSA) is 144 Å². The van der Waals surface area contributed by atoms with Crippen LogP contribution in [0.5, 0.6) is 0 Å². The van der Waals surface area contributed by atoms with E-state index in [1.165, 1.54) is 4.90 Å². The lowest BCUT2D eigenvalue weighted by atomic mass is 9.92. The summed E-state index contributed by atoms with van der Waals surface area (Å²) in [6, 6.07) is 6.67. The number of carbonyl (C=O) groups excluding carboxylic acids is 1. The highest BCUT2D eigenvalue weighted by Crippen LogP contribution is 2.28. The molecule has 2 rings (SSSR count). The minimum atomic E-state index is -1.27. The quantitative estimate of drug-likeness (QED) is 0.239. The Kier molecular flexibility index (Phi) is 13.6. The van der Waals surface area contributed by atoms with Gasteiger partial charge in [-0.3, -0.25) is 14.1 Å². The number of hydrogen-bond donors (Lipinski definition) is 2. The fourth-order valence-electron chi connectivity index (χ4n) is 4.51. The molecule has 0 fully saturated rings. The van der Waals surface area contributed by atoms with Crippen LogP contribution in [0.3, 0.4) is 0 Å². The molecule has 2 aromatic rings. The zero-order chi connectivity index (χ0) is 31.4. The van der Waals surface area contributed by atoms with Gasteiger partial charge in [0, 0.05) is 48.7 Å². The second-order valence-corrected chi connectivity index (χ2v) is 11.2. The van der Waals surface area contributed by atoms with E-state index in [4.69, 9.17) is 25.6 Å². The molecular weight excluding hydrogens is 566 g/mol. The number of allylic oxidation sites excluding steroid dienone is 1. The van der Waals surface area contributed by atoms with E-state index in [1.807, 2.05) is 39.8 Å². The number of nitrogens with zero attached hydrogens (tertiary/aromatic N) is 3. The molecule has 2 N–H and O–H groups in total. The first-order valence-corrected chi connectivity index (χ1v) is 14.2. The summed E-state index contributed by atoms with van der Waals surface area (Å²) < 4.78 is 17.7. The van der Waals surface area contributed by atoms with Gasteiger partial charge in [0.25, 0.3) is 5.91 Å². The van der Waals surface area contributed by atoms with Crippen LogP contribution < -0.4 is 10.7 Å². The maximum atomic E-state index is 14.4. The average Bonchev–Trinajstić information content (AvgIpc) is 3.30. The Morgan fingerprint density at radius 2 is 1.95 bits per heavy atom. The monoisotopic (exact) mass is 607 g/mol. The number of aliphatic hydroxyl groups excluding tert-OH is 1. The van der Waals surface area contributed by atoms with Crippen molar-refractivity contribution in [3.63, 3.8) is 0 Å². The van der Waals surface area contributed by atoms with Gasteiger partial charge in [-0.25, -0.2) is 9.36 Å². The van der Waals surface area contributed by atoms with Crippen molar-refractivity contribution in [1.29, 1.82) is 0 Å². The fourth-order valence-corrected chi connectivity index (χ4v) is 4.64. The van der Waals surface area contributed by atoms with E-state index < -0.39 is 41.8 Å². The summed E-state index contributed by atoms with van der Waals surface area (Å²) in [6.45, 7) is 10.7. The number of carboxylic acid groups (broad SMARTS) is 1. The van der Waals surface area contributed by atoms with Gasteiger partial charge in [0.1, 0.15) is 12.6 Å². The lowest BCUT2D eigenvalue weighted by molar-refractivity contribution is -0.137. The van der Waals surface area contributed by atoms with E-state index >= 15 is 0 Å². The van der Waals surface area contributed by atoms with Crippen LogP contribution in [-0.2, 0) is 32.0 Å². The highest BCUT2D eigenvalue weighted by Gasteiger charge is 2.35. The predicted octanol–water partition coefficient (Wildman–Crippen LogP) is 4.12. The van der Waals surface area contributed by atoms with Crippen LogP contribution in [0.1, 0.15) is 46.4 Å². The lowest BCUT2D eigenvalue weighted by Crippen LogP contribution is -2.48. The summed E-state index contributed by atoms with van der Waals surface area (Å²) in [6.07, 6.45) is 4.45. The molecule has 0 aliphatic carbocycles. The first-order chi connectivity index (χ1) is 19.9. The first-order valence-electron chi connectivity index (χ1n) is 13.8. The number of aliphatic hydroxyl groups is 1. The van der Waals surface area contributed by atoms with Crippen LogP contribution in [0, 0.1) is 11.3 Å². The Bertz CT molecular complexity index is 1250. The van der Waals surface area contributed by atoms with Gasteiger partial charge in [0.05, 0.1) is 12.2 Å². The number of halogens is 1. The number of anilines is 1. The summed E-state index contributed by atoms with van der Waals surface area (Å²) in [5, 5.41) is 23.6. The molecule has 0 radical (unpaired) electrons. The summed E-state index contributed by atoms with van der Waals surface area (Å²) in [4.78, 5) is 39.6. The normalized spacial score (nSPS) is 14.8. The smallest absolute Gasteiger partial charge is 0.442 e. The van der Waals surface area contributed by atoms with Crippen LogP contribution in [0.25, 0.3) is 0 Å². The number of hydrogen-bond acceptors (Lipinski definition) is 8. The van der Waals surface area contributed by atoms with Crippen LogP contribution in [0.2, 0.25) is 5.02 Å². The van der Waals surface area contributed by atoms with Crippen molar-refractivity contribution in [2.75, 3.05) is 25.2 Å². The molecule has 0 saturated heterocycles. The van der Waals surface area contributed by atoms with Gasteiger partial charge in [-0.05, 0) is 44.0 Å². The second kappa shape index (κ2) is 16.4. The Hall–Kier alpha value is -3.25. The van der Waals surface area contributed by atoms with Crippen molar-refractivity contribution >= 4 is 29.2 Å². The van der Waals surface area contributed by atoms with Crippen LogP contribution in [0.15, 0.2) is 58.4 Å². The summed E-state index contributed by atoms with van der Waals surface area (Å²) in [5.41, 5.74) is -0.172. The standard InChI is InChI=1S/C30H42ClN3O8/c1-7-10-23(40-6)15-20(8-2)24(9-3)41-25(16-26-32-42-29(39)33(26)17-27(36)37)28(38)34(18-30(4,5)19-35)22-13-11-21(31)12-14-22/h7-8,10-14,20,23-25,35H,2,9,15-19H2,1,3-6H3,(H,36,37)/b10-7-/t20?,23?,24?,25-/m1/s1. The van der Waals surface area contributed by atoms with E-state index in [9.17, 15) is 24.6 Å². The van der Waals surface area contributed by atoms with Gasteiger partial charge in [0.15, 0.2) is 5.82 Å². The average molecular weight is 608 g/mol. The maximum absolute atomic E-state index is 14.4. The zero-order valence-corrected chi connectivity index (χ0v) is 25.6. The lowest BCUT2D eigenvalue weighted by Gasteiger charge is -2.35. The Balaban J connectivity index is 2.59. The van der Waals surface area contributed by atoms with Gasteiger partial charge < -0.3 is 24.6 Å². The Labute approximate surface area is 251 Å². The molecule has 11 nitrogen and oxygen atoms in total. The summed E-state index contributed by atoms with van der Waals surface area (Å²) in [7, 11) is 1.61. The SMILES string of the molecule is C=CC(CC(/C=C\C)OC)C(CC)O[C@H](Cc1noc(=O)n1CC(=O)O)C(=O)N(CC(C)(C)CO)c1ccc(Cl)cc1. The summed E-state index contributed by atoms with van der Waals surface area (Å²) >= 11 is 6.11. The third-order valence-corrected chi connectivity index (χ3v) is 7.10. The number of amides is 1. The van der Waals surface area contributed by atoms with E-state index in [1.54, 1.807) is 37.5 Å². The van der Waals surface area contributed by atoms with Crippen molar-refractivity contribution in [3.8, 4) is 0 Å². The van der Waals surface area contributed by atoms with Crippen LogP contribution in [-0.4, -0.2) is 70.4 Å². The third-order valence-electron chi connectivity index (χ3n) is 6.85. The van der Waals surface area contributed by atoms with Gasteiger partial charge in [-0.2, -0.15) is 0 Å². The number of methoxy groups -OCH3 is 1.